The lowest BCUT2D eigenvalue weighted by Crippen LogP contribution is -2.50. The molecule has 0 saturated carbocycles. The Balaban J connectivity index is 1.46. The molecule has 2 heterocycles. The van der Waals surface area contributed by atoms with Crippen LogP contribution in [0.2, 0.25) is 0 Å². The number of fused-ring (bicyclic) bond motifs is 1. The highest BCUT2D eigenvalue weighted by Crippen LogP contribution is 2.41. The van der Waals surface area contributed by atoms with E-state index in [-0.39, 0.29) is 5.78 Å². The number of hydrogen-bond donors (Lipinski definition) is 1. The summed E-state index contributed by atoms with van der Waals surface area (Å²) in [5.74, 6) is -0.397. The molecule has 27 heavy (non-hydrogen) atoms. The molecule has 0 amide bonds. The molecule has 0 aliphatic carbocycles. The van der Waals surface area contributed by atoms with Crippen molar-refractivity contribution in [1.82, 2.24) is 4.90 Å². The van der Waals surface area contributed by atoms with Gasteiger partial charge in [0.1, 0.15) is 5.75 Å². The third-order valence-electron chi connectivity index (χ3n) is 5.30. The second-order valence-corrected chi connectivity index (χ2v) is 7.11. The third-order valence-corrected chi connectivity index (χ3v) is 5.30. The van der Waals surface area contributed by atoms with Crippen molar-refractivity contribution in [2.75, 3.05) is 13.1 Å². The van der Waals surface area contributed by atoms with Crippen LogP contribution in [-0.4, -0.2) is 40.4 Å². The van der Waals surface area contributed by atoms with Gasteiger partial charge in [-0.3, -0.25) is 9.69 Å². The van der Waals surface area contributed by atoms with Gasteiger partial charge in [0.05, 0.1) is 5.56 Å². The Hall–Kier alpha value is -2.92. The van der Waals surface area contributed by atoms with E-state index < -0.39 is 11.6 Å². The van der Waals surface area contributed by atoms with E-state index in [1.54, 1.807) is 18.2 Å². The molecule has 0 bridgehead atoms. The summed E-state index contributed by atoms with van der Waals surface area (Å²) in [6.45, 7) is 2.49. The molecule has 1 N–H and O–H groups in total. The van der Waals surface area contributed by atoms with Crippen molar-refractivity contribution in [2.45, 2.75) is 25.0 Å². The Kier molecular flexibility index (Phi) is 4.54. The zero-order valence-corrected chi connectivity index (χ0v) is 14.9. The van der Waals surface area contributed by atoms with Gasteiger partial charge in [-0.05, 0) is 29.3 Å². The molecular weight excluding hydrogens is 342 g/mol. The maximum Gasteiger partial charge on any atom is 0.328 e. The second-order valence-electron chi connectivity index (χ2n) is 7.11. The number of piperidine rings is 1. The minimum atomic E-state index is -1.01. The van der Waals surface area contributed by atoms with Crippen molar-refractivity contribution >= 4 is 17.8 Å². The smallest absolute Gasteiger partial charge is 0.328 e. The van der Waals surface area contributed by atoms with Crippen LogP contribution in [0.1, 0.15) is 34.3 Å². The molecule has 1 fully saturated rings. The first-order valence-electron chi connectivity index (χ1n) is 9.11. The van der Waals surface area contributed by atoms with Gasteiger partial charge in [0.15, 0.2) is 5.60 Å². The molecule has 2 aromatic rings. The van der Waals surface area contributed by atoms with Gasteiger partial charge in [-0.25, -0.2) is 4.79 Å². The Morgan fingerprint density at radius 2 is 1.89 bits per heavy atom. The van der Waals surface area contributed by atoms with Crippen molar-refractivity contribution in [2.24, 2.45) is 0 Å². The summed E-state index contributed by atoms with van der Waals surface area (Å²) >= 11 is 0. The van der Waals surface area contributed by atoms with E-state index in [9.17, 15) is 9.59 Å². The van der Waals surface area contributed by atoms with E-state index in [2.05, 4.69) is 17.0 Å². The van der Waals surface area contributed by atoms with Gasteiger partial charge >= 0.3 is 5.97 Å². The van der Waals surface area contributed by atoms with Crippen LogP contribution in [-0.2, 0) is 11.3 Å². The first kappa shape index (κ1) is 17.5. The molecule has 0 atom stereocenters. The highest BCUT2D eigenvalue weighted by molar-refractivity contribution is 6.08. The zero-order chi connectivity index (χ0) is 18.9. The molecule has 2 aromatic carbocycles. The minimum absolute atomic E-state index is 0.0161. The largest absolute Gasteiger partial charge is 0.478 e. The van der Waals surface area contributed by atoms with Gasteiger partial charge in [0.25, 0.3) is 0 Å². The molecule has 138 valence electrons. The van der Waals surface area contributed by atoms with E-state index in [0.717, 1.165) is 25.7 Å². The van der Waals surface area contributed by atoms with Crippen LogP contribution in [0, 0.1) is 0 Å². The lowest BCUT2D eigenvalue weighted by molar-refractivity contribution is -0.131. The van der Waals surface area contributed by atoms with Crippen LogP contribution in [0.4, 0.5) is 0 Å². The molecular formula is C22H21NO4. The average molecular weight is 363 g/mol. The molecule has 5 nitrogen and oxygen atoms in total. The second kappa shape index (κ2) is 7.00. The fourth-order valence-corrected chi connectivity index (χ4v) is 3.83. The lowest BCUT2D eigenvalue weighted by Gasteiger charge is -2.37. The first-order chi connectivity index (χ1) is 13.1. The third kappa shape index (κ3) is 3.51. The Morgan fingerprint density at radius 3 is 2.59 bits per heavy atom. The number of carbonyl (C=O) groups excluding carboxylic acids is 1. The summed E-state index contributed by atoms with van der Waals surface area (Å²) in [6, 6.07) is 15.6. The number of benzene rings is 2. The van der Waals surface area contributed by atoms with Crippen LogP contribution in [0.25, 0.3) is 6.08 Å². The lowest BCUT2D eigenvalue weighted by atomic mass is 9.85. The number of carboxylic acids is 1. The molecule has 1 spiro atoms. The molecule has 1 saturated heterocycles. The van der Waals surface area contributed by atoms with E-state index in [4.69, 9.17) is 9.84 Å². The summed E-state index contributed by atoms with van der Waals surface area (Å²) in [4.78, 5) is 26.1. The molecule has 0 aromatic heterocycles. The average Bonchev–Trinajstić information content (AvgIpc) is 2.94. The van der Waals surface area contributed by atoms with Gasteiger partial charge in [0.2, 0.25) is 5.78 Å². The summed E-state index contributed by atoms with van der Waals surface area (Å²) in [7, 11) is 0. The van der Waals surface area contributed by atoms with Crippen LogP contribution in [0.3, 0.4) is 0 Å². The Bertz CT molecular complexity index is 896. The van der Waals surface area contributed by atoms with Crippen molar-refractivity contribution < 1.29 is 19.4 Å². The number of ketones is 1. The summed E-state index contributed by atoms with van der Waals surface area (Å²) in [6.07, 6.45) is 3.88. The summed E-state index contributed by atoms with van der Waals surface area (Å²) in [5, 5.41) is 8.77. The highest BCUT2D eigenvalue weighted by atomic mass is 16.5. The summed E-state index contributed by atoms with van der Waals surface area (Å²) in [5.41, 5.74) is 1.74. The predicted octanol–water partition coefficient (Wildman–Crippen LogP) is 3.39. The molecule has 2 aliphatic rings. The van der Waals surface area contributed by atoms with Crippen LogP contribution >= 0.6 is 0 Å². The number of hydrogen-bond acceptors (Lipinski definition) is 4. The number of carbonyl (C=O) groups is 2. The molecule has 5 heteroatoms. The van der Waals surface area contributed by atoms with Gasteiger partial charge in [-0.15, -0.1) is 0 Å². The number of likely N-dealkylation sites (tertiary alicyclic amines) is 1. The fourth-order valence-electron chi connectivity index (χ4n) is 3.83. The standard InChI is InChI=1S/C22H21NO4/c24-20(25)9-7-16-6-8-19-18(14-16)21(26)22(27-19)10-12-23(13-11-22)15-17-4-2-1-3-5-17/h1-9,14H,10-13,15H2,(H,24,25)/b9-7+. The van der Waals surface area contributed by atoms with E-state index >= 15 is 0 Å². The highest BCUT2D eigenvalue weighted by Gasteiger charge is 2.49. The molecule has 4 rings (SSSR count). The molecule has 0 unspecified atom stereocenters. The molecule has 0 radical (unpaired) electrons. The van der Waals surface area contributed by atoms with Crippen molar-refractivity contribution in [3.63, 3.8) is 0 Å². The SMILES string of the molecule is O=C(O)/C=C/c1ccc2c(c1)C(=O)C1(CCN(Cc3ccccc3)CC1)O2. The van der Waals surface area contributed by atoms with Crippen molar-refractivity contribution in [1.29, 1.82) is 0 Å². The Labute approximate surface area is 157 Å². The quantitative estimate of drug-likeness (QED) is 0.844. The number of Topliss-reactive ketones (excluding diaryl/α,β-unsaturated/α-hetero) is 1. The van der Waals surface area contributed by atoms with E-state index in [0.29, 0.717) is 29.7 Å². The zero-order valence-electron chi connectivity index (χ0n) is 14.9. The number of rotatable bonds is 4. The van der Waals surface area contributed by atoms with Crippen LogP contribution in [0.15, 0.2) is 54.6 Å². The minimum Gasteiger partial charge on any atom is -0.478 e. The van der Waals surface area contributed by atoms with E-state index in [1.807, 2.05) is 18.2 Å². The monoisotopic (exact) mass is 363 g/mol. The van der Waals surface area contributed by atoms with Crippen LogP contribution in [0.5, 0.6) is 5.75 Å². The maximum atomic E-state index is 13.0. The number of nitrogens with zero attached hydrogens (tertiary/aromatic N) is 1. The Morgan fingerprint density at radius 1 is 1.15 bits per heavy atom. The topological polar surface area (TPSA) is 66.8 Å². The van der Waals surface area contributed by atoms with Crippen LogP contribution < -0.4 is 4.74 Å². The summed E-state index contributed by atoms with van der Waals surface area (Å²) < 4.78 is 6.11. The van der Waals surface area contributed by atoms with E-state index in [1.165, 1.54) is 11.6 Å². The van der Waals surface area contributed by atoms with Crippen molar-refractivity contribution in [3.8, 4) is 5.75 Å². The van der Waals surface area contributed by atoms with Gasteiger partial charge in [-0.1, -0.05) is 36.4 Å². The van der Waals surface area contributed by atoms with Gasteiger partial charge in [-0.2, -0.15) is 0 Å². The molecule has 2 aliphatic heterocycles. The normalized spacial score (nSPS) is 18.6. The predicted molar refractivity (Wildman–Crippen MR) is 102 cm³/mol. The first-order valence-corrected chi connectivity index (χ1v) is 9.11. The van der Waals surface area contributed by atoms with Crippen molar-refractivity contribution in [3.05, 3.63) is 71.3 Å². The van der Waals surface area contributed by atoms with Gasteiger partial charge in [0, 0.05) is 38.6 Å². The number of carboxylic acid groups (broad SMARTS) is 1. The fraction of sp³-hybridized carbons (Fsp3) is 0.273. The maximum absolute atomic E-state index is 13.0. The van der Waals surface area contributed by atoms with Gasteiger partial charge < -0.3 is 9.84 Å². The number of ether oxygens (including phenoxy) is 1. The number of aliphatic carboxylic acids is 1.